The van der Waals surface area contributed by atoms with Crippen molar-refractivity contribution in [2.75, 3.05) is 0 Å². The molecule has 3 rings (SSSR count). The largest absolute Gasteiger partial charge is 0.348 e. The molecule has 0 aliphatic rings. The lowest BCUT2D eigenvalue weighted by molar-refractivity contribution is 0.0950. The lowest BCUT2D eigenvalue weighted by Crippen LogP contribution is -2.24. The molecule has 6 nitrogen and oxygen atoms in total. The van der Waals surface area contributed by atoms with Crippen LogP contribution in [0.4, 0.5) is 0 Å². The normalized spacial score (nSPS) is 11.4. The maximum atomic E-state index is 12.4. The van der Waals surface area contributed by atoms with Crippen molar-refractivity contribution in [2.24, 2.45) is 0 Å². The summed E-state index contributed by atoms with van der Waals surface area (Å²) in [7, 11) is 0. The molecule has 1 amide bonds. The summed E-state index contributed by atoms with van der Waals surface area (Å²) in [6, 6.07) is 7.79. The Kier molecular flexibility index (Phi) is 5.28. The van der Waals surface area contributed by atoms with Crippen molar-refractivity contribution in [2.45, 2.75) is 39.8 Å². The Morgan fingerprint density at radius 2 is 2.04 bits per heavy atom. The van der Waals surface area contributed by atoms with Crippen molar-refractivity contribution in [3.63, 3.8) is 0 Å². The van der Waals surface area contributed by atoms with Gasteiger partial charge in [-0.1, -0.05) is 12.1 Å². The van der Waals surface area contributed by atoms with Gasteiger partial charge in [-0.3, -0.25) is 9.48 Å². The molecule has 1 aromatic carbocycles. The third-order valence-corrected chi connectivity index (χ3v) is 4.42. The minimum absolute atomic E-state index is 0.142. The van der Waals surface area contributed by atoms with Gasteiger partial charge in [-0.25, -0.2) is 9.97 Å². The number of carbonyl (C=O) groups is 1. The number of aryl methyl sites for hydroxylation is 1. The zero-order valence-electron chi connectivity index (χ0n) is 15.8. The third-order valence-electron chi connectivity index (χ3n) is 4.24. The monoisotopic (exact) mass is 383 g/mol. The van der Waals surface area contributed by atoms with Crippen molar-refractivity contribution < 1.29 is 4.79 Å². The van der Waals surface area contributed by atoms with Crippen LogP contribution in [-0.4, -0.2) is 25.7 Å². The predicted molar refractivity (Wildman–Crippen MR) is 106 cm³/mol. The Bertz CT molecular complexity index is 974. The standard InChI is InChI=1S/C20H22ClN5O/c1-13-9-14(17-7-8-22-19(21)25-17)5-6-15(13)10-23-18(27)16-11-24-26(12-16)20(2,3)4/h5-9,11-12H,10H2,1-4H3,(H,23,27). The lowest BCUT2D eigenvalue weighted by atomic mass is 10.0. The number of halogens is 1. The molecule has 0 radical (unpaired) electrons. The van der Waals surface area contributed by atoms with Gasteiger partial charge < -0.3 is 5.32 Å². The Morgan fingerprint density at radius 3 is 2.67 bits per heavy atom. The van der Waals surface area contributed by atoms with Crippen LogP contribution >= 0.6 is 11.6 Å². The first kappa shape index (κ1) is 19.0. The Labute approximate surface area is 163 Å². The summed E-state index contributed by atoms with van der Waals surface area (Å²) >= 11 is 5.86. The number of hydrogen-bond donors (Lipinski definition) is 1. The number of hydrogen-bond acceptors (Lipinski definition) is 4. The SMILES string of the molecule is Cc1cc(-c2ccnc(Cl)n2)ccc1CNC(=O)c1cnn(C(C)(C)C)c1. The summed E-state index contributed by atoms with van der Waals surface area (Å²) < 4.78 is 1.79. The third kappa shape index (κ3) is 4.52. The summed E-state index contributed by atoms with van der Waals surface area (Å²) in [6.07, 6.45) is 4.99. The molecule has 2 aromatic heterocycles. The molecule has 0 saturated carbocycles. The van der Waals surface area contributed by atoms with Crippen molar-refractivity contribution in [3.05, 3.63) is 64.8 Å². The molecule has 7 heteroatoms. The van der Waals surface area contributed by atoms with Gasteiger partial charge in [0.05, 0.1) is 23.0 Å². The van der Waals surface area contributed by atoms with Crippen LogP contribution < -0.4 is 5.32 Å². The Balaban J connectivity index is 1.69. The summed E-state index contributed by atoms with van der Waals surface area (Å²) in [4.78, 5) is 20.5. The second-order valence-electron chi connectivity index (χ2n) is 7.38. The number of benzene rings is 1. The van der Waals surface area contributed by atoms with Crippen molar-refractivity contribution in [1.82, 2.24) is 25.1 Å². The van der Waals surface area contributed by atoms with E-state index in [4.69, 9.17) is 11.6 Å². The topological polar surface area (TPSA) is 72.7 Å². The van der Waals surface area contributed by atoms with Gasteiger partial charge in [-0.15, -0.1) is 0 Å². The van der Waals surface area contributed by atoms with Crippen LogP contribution in [0.1, 0.15) is 42.3 Å². The average Bonchev–Trinajstić information content (AvgIpc) is 3.11. The van der Waals surface area contributed by atoms with Gasteiger partial charge in [0.25, 0.3) is 5.91 Å². The molecular formula is C20H22ClN5O. The molecular weight excluding hydrogens is 362 g/mol. The molecule has 0 atom stereocenters. The highest BCUT2D eigenvalue weighted by Gasteiger charge is 2.16. The van der Waals surface area contributed by atoms with Gasteiger partial charge in [-0.2, -0.15) is 5.10 Å². The van der Waals surface area contributed by atoms with Gasteiger partial charge in [0.15, 0.2) is 0 Å². The number of amides is 1. The van der Waals surface area contributed by atoms with Gasteiger partial charge in [0.1, 0.15) is 0 Å². The molecule has 1 N–H and O–H groups in total. The van der Waals surface area contributed by atoms with Crippen LogP contribution in [-0.2, 0) is 12.1 Å². The first-order chi connectivity index (χ1) is 12.7. The average molecular weight is 384 g/mol. The summed E-state index contributed by atoms with van der Waals surface area (Å²) in [5.41, 5.74) is 4.22. The summed E-state index contributed by atoms with van der Waals surface area (Å²) in [5, 5.41) is 7.44. The molecule has 0 aliphatic carbocycles. The Morgan fingerprint density at radius 1 is 1.26 bits per heavy atom. The van der Waals surface area contributed by atoms with Gasteiger partial charge in [-0.05, 0) is 62.6 Å². The highest BCUT2D eigenvalue weighted by molar-refractivity contribution is 6.28. The van der Waals surface area contributed by atoms with Crippen LogP contribution in [0.25, 0.3) is 11.3 Å². The van der Waals surface area contributed by atoms with E-state index < -0.39 is 0 Å². The molecule has 0 unspecified atom stereocenters. The van der Waals surface area contributed by atoms with Crippen LogP contribution in [0.3, 0.4) is 0 Å². The van der Waals surface area contributed by atoms with E-state index in [0.717, 1.165) is 22.4 Å². The zero-order chi connectivity index (χ0) is 19.6. The molecule has 27 heavy (non-hydrogen) atoms. The number of nitrogens with one attached hydrogen (secondary N) is 1. The minimum Gasteiger partial charge on any atom is -0.348 e. The van der Waals surface area contributed by atoms with Crippen LogP contribution in [0.2, 0.25) is 5.28 Å². The van der Waals surface area contributed by atoms with E-state index in [0.29, 0.717) is 12.1 Å². The maximum absolute atomic E-state index is 12.4. The Hall–Kier alpha value is -2.73. The molecule has 0 bridgehead atoms. The van der Waals surface area contributed by atoms with E-state index in [1.54, 1.807) is 23.3 Å². The van der Waals surface area contributed by atoms with Crippen LogP contribution in [0.15, 0.2) is 42.9 Å². The molecule has 0 fully saturated rings. The fourth-order valence-corrected chi connectivity index (χ4v) is 2.78. The predicted octanol–water partition coefficient (Wildman–Crippen LogP) is 3.99. The van der Waals surface area contributed by atoms with E-state index in [9.17, 15) is 4.79 Å². The number of carbonyl (C=O) groups excluding carboxylic acids is 1. The molecule has 2 heterocycles. The first-order valence-electron chi connectivity index (χ1n) is 8.66. The van der Waals surface area contributed by atoms with Crippen molar-refractivity contribution in [3.8, 4) is 11.3 Å². The van der Waals surface area contributed by atoms with E-state index in [2.05, 4.69) is 20.4 Å². The fourth-order valence-electron chi connectivity index (χ4n) is 2.63. The number of nitrogens with zero attached hydrogens (tertiary/aromatic N) is 4. The van der Waals surface area contributed by atoms with Crippen molar-refractivity contribution in [1.29, 1.82) is 0 Å². The molecule has 140 valence electrons. The van der Waals surface area contributed by atoms with Crippen molar-refractivity contribution >= 4 is 17.5 Å². The van der Waals surface area contributed by atoms with E-state index >= 15 is 0 Å². The molecule has 3 aromatic rings. The van der Waals surface area contributed by atoms with Gasteiger partial charge in [0, 0.05) is 24.5 Å². The smallest absolute Gasteiger partial charge is 0.254 e. The molecule has 0 aliphatic heterocycles. The van der Waals surface area contributed by atoms with Crippen LogP contribution in [0, 0.1) is 6.92 Å². The van der Waals surface area contributed by atoms with Gasteiger partial charge in [0.2, 0.25) is 5.28 Å². The number of rotatable bonds is 4. The first-order valence-corrected chi connectivity index (χ1v) is 9.03. The van der Waals surface area contributed by atoms with Gasteiger partial charge >= 0.3 is 0 Å². The second-order valence-corrected chi connectivity index (χ2v) is 7.72. The van der Waals surface area contributed by atoms with E-state index in [1.165, 1.54) is 0 Å². The second kappa shape index (κ2) is 7.48. The van der Waals surface area contributed by atoms with Crippen LogP contribution in [0.5, 0.6) is 0 Å². The molecule has 0 spiro atoms. The summed E-state index contributed by atoms with van der Waals surface area (Å²) in [6.45, 7) is 8.56. The quantitative estimate of drug-likeness (QED) is 0.691. The zero-order valence-corrected chi connectivity index (χ0v) is 16.6. The van der Waals surface area contributed by atoms with E-state index in [-0.39, 0.29) is 16.7 Å². The molecule has 0 saturated heterocycles. The minimum atomic E-state index is -0.158. The maximum Gasteiger partial charge on any atom is 0.254 e. The summed E-state index contributed by atoms with van der Waals surface area (Å²) in [5.74, 6) is -0.142. The lowest BCUT2D eigenvalue weighted by Gasteiger charge is -2.18. The number of aromatic nitrogens is 4. The fraction of sp³-hybridized carbons (Fsp3) is 0.300. The highest BCUT2D eigenvalue weighted by Crippen LogP contribution is 2.21. The van der Waals surface area contributed by atoms with E-state index in [1.807, 2.05) is 52.0 Å². The highest BCUT2D eigenvalue weighted by atomic mass is 35.5.